The molecule has 0 radical (unpaired) electrons. The van der Waals surface area contributed by atoms with Crippen molar-refractivity contribution in [2.24, 2.45) is 0 Å². The molecule has 0 aliphatic carbocycles. The minimum atomic E-state index is -0.0965. The van der Waals surface area contributed by atoms with Crippen LogP contribution in [0, 0.1) is 0 Å². The Hall–Kier alpha value is -2.69. The van der Waals surface area contributed by atoms with Crippen molar-refractivity contribution in [3.8, 4) is 11.5 Å². The standard InChI is InChI=1S/C16H16N2O3/c19-12-6-8-13(9-7-12)21-11-3-10-18-15-5-2-1-4-14(15)17-16(18)20/h1-2,4-9,19H,3,10-11H2,(H,17,20). The SMILES string of the molecule is O=c1[nH]c2ccccc2n1CCCOc1ccc(O)cc1. The molecule has 0 bridgehead atoms. The first-order chi connectivity index (χ1) is 10.2. The minimum absolute atomic E-state index is 0.0965. The third kappa shape index (κ3) is 2.91. The summed E-state index contributed by atoms with van der Waals surface area (Å²) in [6, 6.07) is 14.2. The lowest BCUT2D eigenvalue weighted by molar-refractivity contribution is 0.301. The molecule has 0 atom stereocenters. The van der Waals surface area contributed by atoms with Gasteiger partial charge >= 0.3 is 5.69 Å². The van der Waals surface area contributed by atoms with Gasteiger partial charge in [-0.25, -0.2) is 4.79 Å². The topological polar surface area (TPSA) is 67.2 Å². The lowest BCUT2D eigenvalue weighted by Crippen LogP contribution is -2.18. The molecule has 0 amide bonds. The van der Waals surface area contributed by atoms with E-state index in [2.05, 4.69) is 4.98 Å². The van der Waals surface area contributed by atoms with Gasteiger partial charge in [-0.2, -0.15) is 0 Å². The Morgan fingerprint density at radius 1 is 1.10 bits per heavy atom. The maximum absolute atomic E-state index is 11.9. The largest absolute Gasteiger partial charge is 0.508 e. The predicted molar refractivity (Wildman–Crippen MR) is 80.8 cm³/mol. The fraction of sp³-hybridized carbons (Fsp3) is 0.188. The first-order valence-electron chi connectivity index (χ1n) is 6.83. The highest BCUT2D eigenvalue weighted by Gasteiger charge is 2.05. The molecule has 0 saturated heterocycles. The van der Waals surface area contributed by atoms with Gasteiger partial charge in [-0.15, -0.1) is 0 Å². The zero-order valence-electron chi connectivity index (χ0n) is 11.5. The van der Waals surface area contributed by atoms with Crippen LogP contribution in [0.15, 0.2) is 53.3 Å². The quantitative estimate of drug-likeness (QED) is 0.707. The zero-order chi connectivity index (χ0) is 14.7. The fourth-order valence-electron chi connectivity index (χ4n) is 2.28. The Kier molecular flexibility index (Phi) is 3.64. The third-order valence-electron chi connectivity index (χ3n) is 3.31. The van der Waals surface area contributed by atoms with Crippen LogP contribution in [0.4, 0.5) is 0 Å². The van der Waals surface area contributed by atoms with Gasteiger partial charge in [0.25, 0.3) is 0 Å². The molecule has 0 spiro atoms. The smallest absolute Gasteiger partial charge is 0.326 e. The van der Waals surface area contributed by atoms with Crippen LogP contribution >= 0.6 is 0 Å². The van der Waals surface area contributed by atoms with Gasteiger partial charge in [0.1, 0.15) is 11.5 Å². The molecule has 0 aliphatic rings. The molecule has 0 fully saturated rings. The lowest BCUT2D eigenvalue weighted by Gasteiger charge is -2.07. The van der Waals surface area contributed by atoms with Crippen molar-refractivity contribution < 1.29 is 9.84 Å². The van der Waals surface area contributed by atoms with Crippen molar-refractivity contribution >= 4 is 11.0 Å². The van der Waals surface area contributed by atoms with Crippen LogP contribution in [0.2, 0.25) is 0 Å². The number of aromatic amines is 1. The Bertz CT molecular complexity index is 787. The van der Waals surface area contributed by atoms with Crippen molar-refractivity contribution in [2.45, 2.75) is 13.0 Å². The van der Waals surface area contributed by atoms with E-state index in [0.29, 0.717) is 18.9 Å². The molecule has 5 nitrogen and oxygen atoms in total. The van der Waals surface area contributed by atoms with E-state index < -0.39 is 0 Å². The Morgan fingerprint density at radius 2 is 1.86 bits per heavy atom. The lowest BCUT2D eigenvalue weighted by atomic mass is 10.3. The number of fused-ring (bicyclic) bond motifs is 1. The summed E-state index contributed by atoms with van der Waals surface area (Å²) in [4.78, 5) is 14.7. The summed E-state index contributed by atoms with van der Waals surface area (Å²) in [6.45, 7) is 1.11. The van der Waals surface area contributed by atoms with Crippen LogP contribution in [-0.2, 0) is 6.54 Å². The molecule has 2 aromatic carbocycles. The third-order valence-corrected chi connectivity index (χ3v) is 3.31. The number of hydrogen-bond acceptors (Lipinski definition) is 3. The van der Waals surface area contributed by atoms with Crippen molar-refractivity contribution in [2.75, 3.05) is 6.61 Å². The van der Waals surface area contributed by atoms with Gasteiger partial charge < -0.3 is 14.8 Å². The zero-order valence-corrected chi connectivity index (χ0v) is 11.5. The van der Waals surface area contributed by atoms with Crippen molar-refractivity contribution in [3.05, 3.63) is 59.0 Å². The number of aryl methyl sites for hydroxylation is 1. The van der Waals surface area contributed by atoms with E-state index in [1.165, 1.54) is 0 Å². The monoisotopic (exact) mass is 284 g/mol. The van der Waals surface area contributed by atoms with E-state index in [1.807, 2.05) is 24.3 Å². The first-order valence-corrected chi connectivity index (χ1v) is 6.83. The van der Waals surface area contributed by atoms with Crippen molar-refractivity contribution in [1.29, 1.82) is 0 Å². The van der Waals surface area contributed by atoms with Crippen LogP contribution in [-0.4, -0.2) is 21.3 Å². The van der Waals surface area contributed by atoms with Crippen molar-refractivity contribution in [1.82, 2.24) is 9.55 Å². The summed E-state index contributed by atoms with van der Waals surface area (Å²) < 4.78 is 7.29. The summed E-state index contributed by atoms with van der Waals surface area (Å²) in [5, 5.41) is 9.19. The van der Waals surface area contributed by atoms with Gasteiger partial charge in [-0.3, -0.25) is 4.57 Å². The highest BCUT2D eigenvalue weighted by molar-refractivity contribution is 5.74. The van der Waals surface area contributed by atoms with Gasteiger partial charge in [0.2, 0.25) is 0 Å². The molecular weight excluding hydrogens is 268 g/mol. The molecule has 3 rings (SSSR count). The highest BCUT2D eigenvalue weighted by atomic mass is 16.5. The molecule has 5 heteroatoms. The van der Waals surface area contributed by atoms with Crippen LogP contribution in [0.1, 0.15) is 6.42 Å². The number of para-hydroxylation sites is 2. The molecule has 2 N–H and O–H groups in total. The second-order valence-corrected chi connectivity index (χ2v) is 4.79. The van der Waals surface area contributed by atoms with Crippen LogP contribution < -0.4 is 10.4 Å². The highest BCUT2D eigenvalue weighted by Crippen LogP contribution is 2.16. The van der Waals surface area contributed by atoms with Crippen LogP contribution in [0.5, 0.6) is 11.5 Å². The van der Waals surface area contributed by atoms with E-state index in [0.717, 1.165) is 17.5 Å². The molecule has 0 aliphatic heterocycles. The molecular formula is C16H16N2O3. The number of phenols is 1. The predicted octanol–water partition coefficient (Wildman–Crippen LogP) is 2.50. The summed E-state index contributed by atoms with van der Waals surface area (Å²) in [5.41, 5.74) is 1.66. The van der Waals surface area contributed by atoms with E-state index in [9.17, 15) is 9.90 Å². The average molecular weight is 284 g/mol. The summed E-state index contributed by atoms with van der Waals surface area (Å²) >= 11 is 0. The number of phenolic OH excluding ortho intramolecular Hbond substituents is 1. The number of hydrogen-bond donors (Lipinski definition) is 2. The maximum Gasteiger partial charge on any atom is 0.326 e. The first kappa shape index (κ1) is 13.3. The van der Waals surface area contributed by atoms with Crippen LogP contribution in [0.25, 0.3) is 11.0 Å². The number of imidazole rings is 1. The molecule has 1 aromatic heterocycles. The number of ether oxygens (including phenoxy) is 1. The molecule has 3 aromatic rings. The maximum atomic E-state index is 11.9. The van der Waals surface area contributed by atoms with Gasteiger partial charge in [-0.05, 0) is 42.8 Å². The van der Waals surface area contributed by atoms with Crippen molar-refractivity contribution in [3.63, 3.8) is 0 Å². The van der Waals surface area contributed by atoms with Gasteiger partial charge in [-0.1, -0.05) is 12.1 Å². The van der Waals surface area contributed by atoms with Gasteiger partial charge in [0.05, 0.1) is 17.6 Å². The van der Waals surface area contributed by atoms with E-state index in [1.54, 1.807) is 28.8 Å². The molecule has 0 saturated carbocycles. The molecule has 108 valence electrons. The molecule has 21 heavy (non-hydrogen) atoms. The Balaban J connectivity index is 1.61. The summed E-state index contributed by atoms with van der Waals surface area (Å²) in [6.07, 6.45) is 0.725. The number of benzene rings is 2. The Labute approximate surface area is 121 Å². The average Bonchev–Trinajstić information content (AvgIpc) is 2.81. The summed E-state index contributed by atoms with van der Waals surface area (Å²) in [5.74, 6) is 0.923. The molecule has 1 heterocycles. The number of rotatable bonds is 5. The minimum Gasteiger partial charge on any atom is -0.508 e. The fourth-order valence-corrected chi connectivity index (χ4v) is 2.28. The van der Waals surface area contributed by atoms with E-state index in [-0.39, 0.29) is 11.4 Å². The second-order valence-electron chi connectivity index (χ2n) is 4.79. The number of H-pyrrole nitrogens is 1. The van der Waals surface area contributed by atoms with E-state index in [4.69, 9.17) is 4.74 Å². The Morgan fingerprint density at radius 3 is 2.67 bits per heavy atom. The van der Waals surface area contributed by atoms with Gasteiger partial charge in [0.15, 0.2) is 0 Å². The molecule has 0 unspecified atom stereocenters. The summed E-state index contributed by atoms with van der Waals surface area (Å²) in [7, 11) is 0. The number of aromatic hydroxyl groups is 1. The second kappa shape index (κ2) is 5.75. The van der Waals surface area contributed by atoms with E-state index >= 15 is 0 Å². The number of aromatic nitrogens is 2. The van der Waals surface area contributed by atoms with Gasteiger partial charge in [0, 0.05) is 6.54 Å². The number of nitrogens with one attached hydrogen (secondary N) is 1. The van der Waals surface area contributed by atoms with Crippen LogP contribution in [0.3, 0.4) is 0 Å². The number of nitrogens with zero attached hydrogens (tertiary/aromatic N) is 1. The normalized spacial score (nSPS) is 10.9.